The molecule has 1 saturated carbocycles. The largest absolute Gasteiger partial charge is 0.480 e. The van der Waals surface area contributed by atoms with Gasteiger partial charge in [0.05, 0.1) is 11.1 Å². The minimum absolute atomic E-state index is 0.302. The molecule has 0 spiro atoms. The van der Waals surface area contributed by atoms with Crippen LogP contribution >= 0.6 is 11.8 Å². The van der Waals surface area contributed by atoms with Gasteiger partial charge in [-0.15, -0.1) is 0 Å². The molecule has 5 nitrogen and oxygen atoms in total. The Morgan fingerprint density at radius 2 is 1.89 bits per heavy atom. The summed E-state index contributed by atoms with van der Waals surface area (Å²) in [5, 5.41) is 13.5. The lowest BCUT2D eigenvalue weighted by Gasteiger charge is -2.33. The third-order valence-corrected chi connectivity index (χ3v) is 6.60. The van der Waals surface area contributed by atoms with Gasteiger partial charge < -0.3 is 10.4 Å². The summed E-state index contributed by atoms with van der Waals surface area (Å²) in [6, 6.07) is 5.93. The average molecular weight is 385 g/mol. The number of hydrogen-bond donors (Lipinski definition) is 2. The summed E-state index contributed by atoms with van der Waals surface area (Å²) in [5.74, 6) is 0.666. The molecule has 1 aliphatic carbocycles. The lowest BCUT2D eigenvalue weighted by atomic mass is 9.91. The molecule has 1 aromatic heterocycles. The number of nitrogens with one attached hydrogen (secondary N) is 1. The predicted octanol–water partition coefficient (Wildman–Crippen LogP) is 3.81. The van der Waals surface area contributed by atoms with E-state index in [0.29, 0.717) is 24.3 Å². The fourth-order valence-corrected chi connectivity index (χ4v) is 5.06. The van der Waals surface area contributed by atoms with E-state index >= 15 is 0 Å². The molecule has 4 rings (SSSR count). The predicted molar refractivity (Wildman–Crippen MR) is 108 cm³/mol. The second-order valence-electron chi connectivity index (χ2n) is 7.80. The lowest BCUT2D eigenvalue weighted by Crippen LogP contribution is -2.56. The number of fused-ring (bicyclic) bond motifs is 1. The second kappa shape index (κ2) is 6.82. The highest BCUT2D eigenvalue weighted by Gasteiger charge is 2.41. The van der Waals surface area contributed by atoms with Crippen LogP contribution in [0.2, 0.25) is 0 Å². The number of carbonyl (C=O) groups is 2. The molecule has 6 heteroatoms. The molecule has 142 valence electrons. The molecule has 1 amide bonds. The van der Waals surface area contributed by atoms with Crippen LogP contribution in [0.15, 0.2) is 18.2 Å². The quantitative estimate of drug-likeness (QED) is 0.838. The van der Waals surface area contributed by atoms with Crippen LogP contribution in [0.1, 0.15) is 58.8 Å². The number of hydrogen-bond acceptors (Lipinski definition) is 4. The van der Waals surface area contributed by atoms with Crippen molar-refractivity contribution in [3.8, 4) is 0 Å². The topological polar surface area (TPSA) is 79.3 Å². The van der Waals surface area contributed by atoms with E-state index in [1.165, 1.54) is 0 Å². The molecule has 0 atom stereocenters. The zero-order valence-corrected chi connectivity index (χ0v) is 16.5. The third kappa shape index (κ3) is 3.43. The molecule has 2 N–H and O–H groups in total. The van der Waals surface area contributed by atoms with Crippen molar-refractivity contribution in [2.45, 2.75) is 51.0 Å². The van der Waals surface area contributed by atoms with Crippen molar-refractivity contribution in [2.24, 2.45) is 0 Å². The molecular weight excluding hydrogens is 360 g/mol. The minimum Gasteiger partial charge on any atom is -0.480 e. The summed E-state index contributed by atoms with van der Waals surface area (Å²) in [5.41, 5.74) is 3.28. The number of thioether (sulfide) groups is 1. The number of amides is 1. The van der Waals surface area contributed by atoms with Crippen molar-refractivity contribution < 1.29 is 14.7 Å². The van der Waals surface area contributed by atoms with Gasteiger partial charge in [0.1, 0.15) is 5.54 Å². The van der Waals surface area contributed by atoms with Crippen LogP contribution in [0.4, 0.5) is 0 Å². The molecule has 1 aromatic carbocycles. The SMILES string of the molecule is Cc1cc(C)c2nc(C3CC3)cc(C(=O)NC3(C(=O)O)CCSCC3)c2c1. The average Bonchev–Trinajstić information content (AvgIpc) is 3.46. The molecule has 1 saturated heterocycles. The zero-order valence-electron chi connectivity index (χ0n) is 15.7. The summed E-state index contributed by atoms with van der Waals surface area (Å²) in [6.45, 7) is 4.01. The number of nitrogens with zero attached hydrogens (tertiary/aromatic N) is 1. The summed E-state index contributed by atoms with van der Waals surface area (Å²) in [7, 11) is 0. The van der Waals surface area contributed by atoms with Gasteiger partial charge in [-0.05, 0) is 68.7 Å². The first-order valence-corrected chi connectivity index (χ1v) is 10.6. The van der Waals surface area contributed by atoms with Crippen LogP contribution in [-0.4, -0.2) is 39.0 Å². The van der Waals surface area contributed by atoms with Crippen LogP contribution in [0, 0.1) is 13.8 Å². The van der Waals surface area contributed by atoms with E-state index in [-0.39, 0.29) is 5.91 Å². The number of aliphatic carboxylic acids is 1. The fourth-order valence-electron chi connectivity index (χ4n) is 3.87. The smallest absolute Gasteiger partial charge is 0.329 e. The standard InChI is InChI=1S/C21H24N2O3S/c1-12-9-13(2)18-15(10-12)16(11-17(22-18)14-3-4-14)19(24)23-21(20(25)26)5-7-27-8-6-21/h9-11,14H,3-8H2,1-2H3,(H,23,24)(H,25,26). The van der Waals surface area contributed by atoms with Gasteiger partial charge in [-0.2, -0.15) is 11.8 Å². The minimum atomic E-state index is -1.17. The van der Waals surface area contributed by atoms with Crippen molar-refractivity contribution >= 4 is 34.5 Å². The van der Waals surface area contributed by atoms with Gasteiger partial charge in [-0.25, -0.2) is 4.79 Å². The maximum absolute atomic E-state index is 13.2. The van der Waals surface area contributed by atoms with Crippen molar-refractivity contribution in [3.05, 3.63) is 40.6 Å². The van der Waals surface area contributed by atoms with Crippen molar-refractivity contribution in [1.82, 2.24) is 10.3 Å². The molecule has 2 heterocycles. The number of rotatable bonds is 4. The number of pyridine rings is 1. The van der Waals surface area contributed by atoms with E-state index in [9.17, 15) is 14.7 Å². The van der Waals surface area contributed by atoms with Crippen LogP contribution in [0.5, 0.6) is 0 Å². The summed E-state index contributed by atoms with van der Waals surface area (Å²) < 4.78 is 0. The maximum Gasteiger partial charge on any atom is 0.329 e. The number of benzene rings is 1. The van der Waals surface area contributed by atoms with Crippen LogP contribution in [0.3, 0.4) is 0 Å². The van der Waals surface area contributed by atoms with E-state index in [1.54, 1.807) is 11.8 Å². The van der Waals surface area contributed by atoms with Gasteiger partial charge >= 0.3 is 5.97 Å². The Kier molecular flexibility index (Phi) is 4.62. The monoisotopic (exact) mass is 384 g/mol. The molecular formula is C21H24N2O3S. The first-order chi connectivity index (χ1) is 12.9. The molecule has 1 aliphatic heterocycles. The van der Waals surface area contributed by atoms with Crippen molar-refractivity contribution in [3.63, 3.8) is 0 Å². The zero-order chi connectivity index (χ0) is 19.2. The van der Waals surface area contributed by atoms with Crippen molar-refractivity contribution in [1.29, 1.82) is 0 Å². The Balaban J connectivity index is 1.79. The highest BCUT2D eigenvalue weighted by molar-refractivity contribution is 7.99. The van der Waals surface area contributed by atoms with Gasteiger partial charge in [-0.3, -0.25) is 9.78 Å². The number of carboxylic acids is 1. The number of aromatic nitrogens is 1. The first kappa shape index (κ1) is 18.3. The molecule has 2 aromatic rings. The normalized spacial score (nSPS) is 19.0. The molecule has 0 bridgehead atoms. The Bertz CT molecular complexity index is 931. The highest BCUT2D eigenvalue weighted by Crippen LogP contribution is 2.40. The van der Waals surface area contributed by atoms with Gasteiger partial charge in [-0.1, -0.05) is 11.6 Å². The summed E-state index contributed by atoms with van der Waals surface area (Å²) in [4.78, 5) is 30.0. The van der Waals surface area contributed by atoms with Crippen LogP contribution < -0.4 is 5.32 Å². The van der Waals surface area contributed by atoms with E-state index in [2.05, 4.69) is 11.4 Å². The Hall–Kier alpha value is -2.08. The second-order valence-corrected chi connectivity index (χ2v) is 9.03. The summed E-state index contributed by atoms with van der Waals surface area (Å²) in [6.07, 6.45) is 3.10. The Morgan fingerprint density at radius 1 is 1.19 bits per heavy atom. The number of carbonyl (C=O) groups excluding carboxylic acids is 1. The first-order valence-electron chi connectivity index (χ1n) is 9.45. The number of carboxylic acid groups (broad SMARTS) is 1. The fraction of sp³-hybridized carbons (Fsp3) is 0.476. The summed E-state index contributed by atoms with van der Waals surface area (Å²) >= 11 is 1.73. The van der Waals surface area contributed by atoms with Crippen LogP contribution in [-0.2, 0) is 4.79 Å². The van der Waals surface area contributed by atoms with E-state index < -0.39 is 11.5 Å². The van der Waals surface area contributed by atoms with Crippen LogP contribution in [0.25, 0.3) is 10.9 Å². The molecule has 0 unspecified atom stereocenters. The molecule has 2 fully saturated rings. The highest BCUT2D eigenvalue weighted by atomic mass is 32.2. The van der Waals surface area contributed by atoms with Gasteiger partial charge in [0.25, 0.3) is 5.91 Å². The van der Waals surface area contributed by atoms with Gasteiger partial charge in [0.15, 0.2) is 0 Å². The molecule has 27 heavy (non-hydrogen) atoms. The van der Waals surface area contributed by atoms with Gasteiger partial charge in [0, 0.05) is 17.0 Å². The Morgan fingerprint density at radius 3 is 2.52 bits per heavy atom. The molecule has 2 aliphatic rings. The van der Waals surface area contributed by atoms with E-state index in [4.69, 9.17) is 4.98 Å². The van der Waals surface area contributed by atoms with Crippen molar-refractivity contribution in [2.75, 3.05) is 11.5 Å². The van der Waals surface area contributed by atoms with Gasteiger partial charge in [0.2, 0.25) is 0 Å². The number of aryl methyl sites for hydroxylation is 2. The Labute approximate surface area is 162 Å². The van der Waals surface area contributed by atoms with E-state index in [0.717, 1.165) is 52.1 Å². The molecule has 0 radical (unpaired) electrons. The van der Waals surface area contributed by atoms with E-state index in [1.807, 2.05) is 26.0 Å². The lowest BCUT2D eigenvalue weighted by molar-refractivity contribution is -0.144. The third-order valence-electron chi connectivity index (χ3n) is 5.62. The maximum atomic E-state index is 13.2.